The number of hydrogen-bond acceptors (Lipinski definition) is 2. The summed E-state index contributed by atoms with van der Waals surface area (Å²) in [5, 5.41) is 11.3. The van der Waals surface area contributed by atoms with Crippen LogP contribution in [0.4, 0.5) is 8.78 Å². The molecule has 2 rings (SSSR count). The van der Waals surface area contributed by atoms with Gasteiger partial charge in [0.25, 0.3) is 6.43 Å². The summed E-state index contributed by atoms with van der Waals surface area (Å²) in [6, 6.07) is 0. The van der Waals surface area contributed by atoms with Crippen LogP contribution >= 0.6 is 0 Å². The van der Waals surface area contributed by atoms with Crippen molar-refractivity contribution in [2.75, 3.05) is 6.54 Å². The summed E-state index contributed by atoms with van der Waals surface area (Å²) in [4.78, 5) is 11.7. The van der Waals surface area contributed by atoms with Gasteiger partial charge in [-0.2, -0.15) is 0 Å². The summed E-state index contributed by atoms with van der Waals surface area (Å²) < 4.78 is 24.0. The molecule has 2 aliphatic rings. The fraction of sp³-hybridized carbons (Fsp3) is 0.727. The van der Waals surface area contributed by atoms with E-state index in [1.807, 2.05) is 6.08 Å². The minimum atomic E-state index is -2.81. The molecule has 16 heavy (non-hydrogen) atoms. The quantitative estimate of drug-likeness (QED) is 0.707. The molecule has 2 bridgehead atoms. The molecule has 0 radical (unpaired) electrons. The molecule has 0 aromatic heterocycles. The second-order valence-corrected chi connectivity index (χ2v) is 4.53. The first-order chi connectivity index (χ1) is 7.58. The molecule has 4 unspecified atom stereocenters. The van der Waals surface area contributed by atoms with E-state index in [0.717, 1.165) is 12.8 Å². The third-order valence-corrected chi connectivity index (χ3v) is 3.39. The first-order valence-electron chi connectivity index (χ1n) is 5.50. The van der Waals surface area contributed by atoms with Crippen molar-refractivity contribution in [3.05, 3.63) is 12.2 Å². The molecule has 2 aliphatic carbocycles. The summed E-state index contributed by atoms with van der Waals surface area (Å²) >= 11 is 0. The van der Waals surface area contributed by atoms with E-state index < -0.39 is 12.5 Å². The average Bonchev–Trinajstić information content (AvgIpc) is 2.86. The summed E-state index contributed by atoms with van der Waals surface area (Å²) in [6.07, 6.45) is 1.37. The van der Waals surface area contributed by atoms with Gasteiger partial charge in [0.1, 0.15) is 6.10 Å². The van der Waals surface area contributed by atoms with Crippen molar-refractivity contribution in [2.45, 2.75) is 25.4 Å². The molecule has 0 aromatic carbocycles. The van der Waals surface area contributed by atoms with Gasteiger partial charge in [-0.1, -0.05) is 12.2 Å². The zero-order chi connectivity index (χ0) is 11.7. The Kier molecular flexibility index (Phi) is 3.23. The lowest BCUT2D eigenvalue weighted by molar-refractivity contribution is -0.126. The average molecular weight is 231 g/mol. The lowest BCUT2D eigenvalue weighted by Crippen LogP contribution is -2.40. The maximum Gasteiger partial charge on any atom is 0.265 e. The molecule has 1 saturated carbocycles. The Bertz CT molecular complexity index is 306. The first-order valence-corrected chi connectivity index (χ1v) is 5.50. The van der Waals surface area contributed by atoms with E-state index in [4.69, 9.17) is 5.11 Å². The van der Waals surface area contributed by atoms with Crippen LogP contribution in [0.25, 0.3) is 0 Å². The maximum atomic E-state index is 12.0. The van der Waals surface area contributed by atoms with Crippen LogP contribution in [0.2, 0.25) is 0 Å². The Hall–Kier alpha value is -0.970. The first kappa shape index (κ1) is 11.5. The van der Waals surface area contributed by atoms with Crippen LogP contribution in [0, 0.1) is 17.8 Å². The van der Waals surface area contributed by atoms with Crippen molar-refractivity contribution >= 4 is 5.91 Å². The molecule has 0 aliphatic heterocycles. The molecular weight excluding hydrogens is 216 g/mol. The number of alkyl halides is 2. The zero-order valence-corrected chi connectivity index (χ0v) is 8.77. The number of aliphatic hydroxyl groups excluding tert-OH is 1. The van der Waals surface area contributed by atoms with Gasteiger partial charge >= 0.3 is 0 Å². The van der Waals surface area contributed by atoms with E-state index in [1.54, 1.807) is 0 Å². The summed E-state index contributed by atoms with van der Waals surface area (Å²) in [5.74, 6) is 0.422. The molecule has 90 valence electrons. The van der Waals surface area contributed by atoms with Crippen LogP contribution in [0.5, 0.6) is 0 Å². The third kappa shape index (κ3) is 2.24. The van der Waals surface area contributed by atoms with E-state index in [9.17, 15) is 13.6 Å². The molecule has 1 amide bonds. The van der Waals surface area contributed by atoms with E-state index in [-0.39, 0.29) is 24.3 Å². The van der Waals surface area contributed by atoms with Crippen molar-refractivity contribution in [3.63, 3.8) is 0 Å². The van der Waals surface area contributed by atoms with Gasteiger partial charge in [0, 0.05) is 12.5 Å². The molecule has 1 fully saturated rings. The van der Waals surface area contributed by atoms with Crippen molar-refractivity contribution in [3.8, 4) is 0 Å². The van der Waals surface area contributed by atoms with Crippen LogP contribution in [0.1, 0.15) is 12.8 Å². The van der Waals surface area contributed by atoms with E-state index in [2.05, 4.69) is 11.4 Å². The van der Waals surface area contributed by atoms with Crippen LogP contribution < -0.4 is 5.32 Å². The highest BCUT2D eigenvalue weighted by atomic mass is 19.3. The Morgan fingerprint density at radius 3 is 2.69 bits per heavy atom. The fourth-order valence-corrected chi connectivity index (χ4v) is 2.51. The number of halogens is 2. The smallest absolute Gasteiger partial charge is 0.265 e. The summed E-state index contributed by atoms with van der Waals surface area (Å²) in [5.41, 5.74) is 0. The number of fused-ring (bicyclic) bond motifs is 2. The number of allylic oxidation sites excluding steroid dienone is 2. The minimum Gasteiger partial charge on any atom is -0.385 e. The van der Waals surface area contributed by atoms with Gasteiger partial charge in [-0.05, 0) is 24.7 Å². The fourth-order valence-electron chi connectivity index (χ4n) is 2.51. The number of carbonyl (C=O) groups is 1. The third-order valence-electron chi connectivity index (χ3n) is 3.39. The lowest BCUT2D eigenvalue weighted by Gasteiger charge is -2.18. The molecule has 0 aromatic rings. The lowest BCUT2D eigenvalue weighted by atomic mass is 9.93. The van der Waals surface area contributed by atoms with Gasteiger partial charge in [0.05, 0.1) is 0 Å². The number of rotatable bonds is 4. The van der Waals surface area contributed by atoms with Crippen LogP contribution in [0.15, 0.2) is 12.2 Å². The Morgan fingerprint density at radius 1 is 1.44 bits per heavy atom. The number of nitrogens with one attached hydrogen (secondary N) is 1. The minimum absolute atomic E-state index is 0.0973. The predicted molar refractivity (Wildman–Crippen MR) is 53.9 cm³/mol. The topological polar surface area (TPSA) is 49.3 Å². The van der Waals surface area contributed by atoms with Crippen molar-refractivity contribution in [1.82, 2.24) is 5.32 Å². The number of hydrogen-bond donors (Lipinski definition) is 2. The monoisotopic (exact) mass is 231 g/mol. The van der Waals surface area contributed by atoms with E-state index >= 15 is 0 Å². The molecule has 0 spiro atoms. The van der Waals surface area contributed by atoms with Crippen LogP contribution in [-0.2, 0) is 4.79 Å². The van der Waals surface area contributed by atoms with Gasteiger partial charge in [-0.25, -0.2) is 8.78 Å². The van der Waals surface area contributed by atoms with E-state index in [1.165, 1.54) is 0 Å². The van der Waals surface area contributed by atoms with Crippen molar-refractivity contribution < 1.29 is 18.7 Å². The maximum absolute atomic E-state index is 12.0. The number of carbonyl (C=O) groups excluding carboxylic acids is 1. The summed E-state index contributed by atoms with van der Waals surface area (Å²) in [7, 11) is 0. The Labute approximate surface area is 92.5 Å². The predicted octanol–water partition coefficient (Wildman–Crippen LogP) is 0.941. The number of amides is 1. The van der Waals surface area contributed by atoms with Gasteiger partial charge < -0.3 is 10.4 Å². The van der Waals surface area contributed by atoms with Gasteiger partial charge in [0.15, 0.2) is 0 Å². The molecule has 4 atom stereocenters. The highest BCUT2D eigenvalue weighted by molar-refractivity contribution is 5.80. The standard InChI is InChI=1S/C11H15F2NO2/c12-10(13)9(15)5-14-11(16)8-4-6-1-2-7(8)3-6/h1-2,6-10,15H,3-5H2,(H,14,16). The molecule has 2 N–H and O–H groups in total. The highest BCUT2D eigenvalue weighted by Gasteiger charge is 2.39. The van der Waals surface area contributed by atoms with Crippen molar-refractivity contribution in [1.29, 1.82) is 0 Å². The molecule has 3 nitrogen and oxygen atoms in total. The van der Waals surface area contributed by atoms with Gasteiger partial charge in [0.2, 0.25) is 5.91 Å². The largest absolute Gasteiger partial charge is 0.385 e. The highest BCUT2D eigenvalue weighted by Crippen LogP contribution is 2.43. The molecular formula is C11H15F2NO2. The zero-order valence-electron chi connectivity index (χ0n) is 8.77. The van der Waals surface area contributed by atoms with Crippen molar-refractivity contribution in [2.24, 2.45) is 17.8 Å². The molecule has 0 heterocycles. The second-order valence-electron chi connectivity index (χ2n) is 4.53. The normalized spacial score (nSPS) is 33.4. The molecule has 5 heteroatoms. The SMILES string of the molecule is O=C(NCC(O)C(F)F)C1CC2C=CC1C2. The van der Waals surface area contributed by atoms with E-state index in [0.29, 0.717) is 5.92 Å². The second kappa shape index (κ2) is 4.49. The van der Waals surface area contributed by atoms with Crippen LogP contribution in [-0.4, -0.2) is 30.1 Å². The van der Waals surface area contributed by atoms with Crippen LogP contribution in [0.3, 0.4) is 0 Å². The van der Waals surface area contributed by atoms with Gasteiger partial charge in [-0.3, -0.25) is 4.79 Å². The number of aliphatic hydroxyl groups is 1. The summed E-state index contributed by atoms with van der Waals surface area (Å²) in [6.45, 7) is -0.367. The van der Waals surface area contributed by atoms with Gasteiger partial charge in [-0.15, -0.1) is 0 Å². The Morgan fingerprint density at radius 2 is 2.19 bits per heavy atom. The Balaban J connectivity index is 1.79. The molecule has 0 saturated heterocycles.